The second kappa shape index (κ2) is 7.50. The molecule has 7 nitrogen and oxygen atoms in total. The molecule has 148 valence electrons. The molecule has 1 aliphatic rings. The second-order valence-corrected chi connectivity index (χ2v) is 8.09. The number of furan rings is 1. The van der Waals surface area contributed by atoms with Crippen molar-refractivity contribution in [3.05, 3.63) is 58.5 Å². The third-order valence-electron chi connectivity index (χ3n) is 4.88. The molecule has 2 aromatic rings. The van der Waals surface area contributed by atoms with Crippen LogP contribution in [0.3, 0.4) is 0 Å². The molecule has 1 amide bonds. The molecule has 0 atom stereocenters. The standard InChI is InChI=1S/C21H27N5O2/c1-13-17-15(24-25-20(22)23)10-21(2,3)11-16(17)28-18(13)19(27)26(4)12-14-8-6-5-7-9-14/h5-9H,10-12H2,1-4H3,(H4,22,23,25)/b24-15-. The Morgan fingerprint density at radius 1 is 1.21 bits per heavy atom. The average Bonchev–Trinajstić information content (AvgIpc) is 2.95. The van der Waals surface area contributed by atoms with Gasteiger partial charge in [-0.2, -0.15) is 5.10 Å². The molecule has 1 aromatic carbocycles. The van der Waals surface area contributed by atoms with Crippen LogP contribution in [0.2, 0.25) is 0 Å². The van der Waals surface area contributed by atoms with Crippen molar-refractivity contribution >= 4 is 17.6 Å². The van der Waals surface area contributed by atoms with E-state index >= 15 is 0 Å². The molecule has 3 rings (SSSR count). The molecular weight excluding hydrogens is 354 g/mol. The lowest BCUT2D eigenvalue weighted by molar-refractivity contribution is 0.0749. The first-order chi connectivity index (χ1) is 13.2. The number of amides is 1. The molecule has 1 heterocycles. The van der Waals surface area contributed by atoms with Gasteiger partial charge in [0.15, 0.2) is 5.76 Å². The van der Waals surface area contributed by atoms with Gasteiger partial charge in [-0.05, 0) is 24.3 Å². The van der Waals surface area contributed by atoms with Crippen molar-refractivity contribution in [3.63, 3.8) is 0 Å². The van der Waals surface area contributed by atoms with E-state index in [1.807, 2.05) is 37.3 Å². The van der Waals surface area contributed by atoms with Gasteiger partial charge in [0.2, 0.25) is 5.96 Å². The molecule has 0 unspecified atom stereocenters. The van der Waals surface area contributed by atoms with Crippen LogP contribution in [0.5, 0.6) is 0 Å². The smallest absolute Gasteiger partial charge is 0.289 e. The molecule has 0 bridgehead atoms. The van der Waals surface area contributed by atoms with Crippen LogP contribution in [-0.4, -0.2) is 29.5 Å². The third kappa shape index (κ3) is 4.08. The first-order valence-electron chi connectivity index (χ1n) is 9.25. The third-order valence-corrected chi connectivity index (χ3v) is 4.88. The fourth-order valence-electron chi connectivity index (χ4n) is 3.62. The summed E-state index contributed by atoms with van der Waals surface area (Å²) >= 11 is 0. The first-order valence-corrected chi connectivity index (χ1v) is 9.25. The fourth-order valence-corrected chi connectivity index (χ4v) is 3.62. The summed E-state index contributed by atoms with van der Waals surface area (Å²) in [5.74, 6) is 0.848. The van der Waals surface area contributed by atoms with E-state index in [-0.39, 0.29) is 17.3 Å². The Labute approximate surface area is 165 Å². The first kappa shape index (κ1) is 19.7. The summed E-state index contributed by atoms with van der Waals surface area (Å²) in [5.41, 5.74) is 14.2. The van der Waals surface area contributed by atoms with Gasteiger partial charge in [0.1, 0.15) is 5.76 Å². The molecule has 0 aliphatic heterocycles. The molecule has 0 saturated heterocycles. The molecule has 0 spiro atoms. The quantitative estimate of drug-likeness (QED) is 0.482. The van der Waals surface area contributed by atoms with E-state index in [1.165, 1.54) is 0 Å². The highest BCUT2D eigenvalue weighted by Crippen LogP contribution is 2.39. The Bertz CT molecular complexity index is 937. The number of carbonyl (C=O) groups is 1. The van der Waals surface area contributed by atoms with Crippen molar-refractivity contribution < 1.29 is 9.21 Å². The van der Waals surface area contributed by atoms with E-state index in [2.05, 4.69) is 24.1 Å². The fraction of sp³-hybridized carbons (Fsp3) is 0.381. The van der Waals surface area contributed by atoms with Gasteiger partial charge in [-0.25, -0.2) is 0 Å². The van der Waals surface area contributed by atoms with Gasteiger partial charge < -0.3 is 20.8 Å². The molecule has 0 fully saturated rings. The number of carbonyl (C=O) groups excluding carboxylic acids is 1. The zero-order valence-corrected chi connectivity index (χ0v) is 16.8. The average molecular weight is 381 g/mol. The molecule has 7 heteroatoms. The maximum absolute atomic E-state index is 13.0. The van der Waals surface area contributed by atoms with Gasteiger partial charge >= 0.3 is 0 Å². The van der Waals surface area contributed by atoms with E-state index in [1.54, 1.807) is 11.9 Å². The Hall–Kier alpha value is -3.09. The van der Waals surface area contributed by atoms with Gasteiger partial charge in [-0.1, -0.05) is 44.2 Å². The SMILES string of the molecule is Cc1c(C(=O)N(C)Cc2ccccc2)oc2c1/C(=N\N=C(N)N)CC(C)(C)C2. The van der Waals surface area contributed by atoms with E-state index in [0.29, 0.717) is 18.7 Å². The van der Waals surface area contributed by atoms with Gasteiger partial charge in [0, 0.05) is 31.1 Å². The van der Waals surface area contributed by atoms with Crippen LogP contribution in [0, 0.1) is 12.3 Å². The number of hydrogen-bond acceptors (Lipinski definition) is 4. The van der Waals surface area contributed by atoms with Crippen LogP contribution in [0.25, 0.3) is 0 Å². The molecular formula is C21H27N5O2. The number of nitrogens with zero attached hydrogens (tertiary/aromatic N) is 3. The maximum Gasteiger partial charge on any atom is 0.289 e. The predicted octanol–water partition coefficient (Wildman–Crippen LogP) is 2.81. The van der Waals surface area contributed by atoms with Gasteiger partial charge in [0.25, 0.3) is 5.91 Å². The molecule has 0 saturated carbocycles. The van der Waals surface area contributed by atoms with Crippen LogP contribution in [0.15, 0.2) is 45.0 Å². The predicted molar refractivity (Wildman–Crippen MR) is 110 cm³/mol. The number of fused-ring (bicyclic) bond motifs is 1. The molecule has 4 N–H and O–H groups in total. The Kier molecular flexibility index (Phi) is 5.27. The number of nitrogens with two attached hydrogens (primary N) is 2. The summed E-state index contributed by atoms with van der Waals surface area (Å²) in [5, 5.41) is 8.06. The van der Waals surface area contributed by atoms with Crippen LogP contribution >= 0.6 is 0 Å². The normalized spacial score (nSPS) is 16.5. The maximum atomic E-state index is 13.0. The van der Waals surface area contributed by atoms with E-state index < -0.39 is 0 Å². The van der Waals surface area contributed by atoms with Gasteiger partial charge in [-0.15, -0.1) is 5.10 Å². The van der Waals surface area contributed by atoms with Crippen molar-refractivity contribution in [3.8, 4) is 0 Å². The molecule has 1 aromatic heterocycles. The summed E-state index contributed by atoms with van der Waals surface area (Å²) < 4.78 is 6.05. The van der Waals surface area contributed by atoms with Gasteiger partial charge in [-0.3, -0.25) is 4.79 Å². The molecule has 28 heavy (non-hydrogen) atoms. The summed E-state index contributed by atoms with van der Waals surface area (Å²) in [6, 6.07) is 9.85. The zero-order valence-electron chi connectivity index (χ0n) is 16.8. The number of rotatable bonds is 4. The van der Waals surface area contributed by atoms with Crippen LogP contribution in [0.4, 0.5) is 0 Å². The summed E-state index contributed by atoms with van der Waals surface area (Å²) in [4.78, 5) is 14.7. The van der Waals surface area contributed by atoms with Gasteiger partial charge in [0.05, 0.1) is 5.71 Å². The lowest BCUT2D eigenvalue weighted by Gasteiger charge is -2.29. The van der Waals surface area contributed by atoms with E-state index in [0.717, 1.165) is 34.6 Å². The minimum atomic E-state index is -0.158. The Balaban J connectivity index is 1.95. The monoisotopic (exact) mass is 381 g/mol. The summed E-state index contributed by atoms with van der Waals surface area (Å²) in [6.45, 7) is 6.64. The minimum Gasteiger partial charge on any atom is -0.455 e. The van der Waals surface area contributed by atoms with Crippen LogP contribution in [-0.2, 0) is 13.0 Å². The zero-order chi connectivity index (χ0) is 20.5. The van der Waals surface area contributed by atoms with Crippen molar-refractivity contribution in [2.45, 2.75) is 40.2 Å². The van der Waals surface area contributed by atoms with Crippen LogP contribution < -0.4 is 11.5 Å². The molecule has 1 aliphatic carbocycles. The minimum absolute atomic E-state index is 0.0642. The van der Waals surface area contributed by atoms with Crippen molar-refractivity contribution in [1.82, 2.24) is 4.90 Å². The van der Waals surface area contributed by atoms with Crippen molar-refractivity contribution in [2.75, 3.05) is 7.05 Å². The second-order valence-electron chi connectivity index (χ2n) is 8.09. The summed E-state index contributed by atoms with van der Waals surface area (Å²) in [7, 11) is 1.77. The highest BCUT2D eigenvalue weighted by Gasteiger charge is 2.36. The number of benzene rings is 1. The molecule has 0 radical (unpaired) electrons. The number of guanidine groups is 1. The Morgan fingerprint density at radius 3 is 2.54 bits per heavy atom. The highest BCUT2D eigenvalue weighted by molar-refractivity contribution is 6.07. The number of hydrogen-bond donors (Lipinski definition) is 2. The lowest BCUT2D eigenvalue weighted by Crippen LogP contribution is -2.28. The van der Waals surface area contributed by atoms with Crippen LogP contribution in [0.1, 0.15) is 53.3 Å². The highest BCUT2D eigenvalue weighted by atomic mass is 16.4. The van der Waals surface area contributed by atoms with Crippen molar-refractivity contribution in [2.24, 2.45) is 27.1 Å². The largest absolute Gasteiger partial charge is 0.455 e. The van der Waals surface area contributed by atoms with Crippen molar-refractivity contribution in [1.29, 1.82) is 0 Å². The topological polar surface area (TPSA) is 110 Å². The Morgan fingerprint density at radius 2 is 1.89 bits per heavy atom. The summed E-state index contributed by atoms with van der Waals surface area (Å²) in [6.07, 6.45) is 1.42. The lowest BCUT2D eigenvalue weighted by atomic mass is 9.75. The van der Waals surface area contributed by atoms with E-state index in [9.17, 15) is 4.79 Å². The van der Waals surface area contributed by atoms with E-state index in [4.69, 9.17) is 15.9 Å².